The summed E-state index contributed by atoms with van der Waals surface area (Å²) in [6.07, 6.45) is 0.208. The van der Waals surface area contributed by atoms with Gasteiger partial charge in [-0.25, -0.2) is 4.79 Å². The van der Waals surface area contributed by atoms with E-state index < -0.39 is 11.7 Å². The Morgan fingerprint density at radius 2 is 1.46 bits per heavy atom. The third-order valence-corrected chi connectivity index (χ3v) is 6.96. The number of hydrogen-bond acceptors (Lipinski definition) is 4. The van der Waals surface area contributed by atoms with Crippen LogP contribution in [0, 0.1) is 0 Å². The van der Waals surface area contributed by atoms with Crippen LogP contribution in [0.1, 0.15) is 47.9 Å². The number of fused-ring (bicyclic) bond motifs is 10. The molecule has 0 aliphatic carbocycles. The molecule has 0 atom stereocenters. The van der Waals surface area contributed by atoms with Gasteiger partial charge in [0.25, 0.3) is 11.8 Å². The molecule has 1 aliphatic heterocycles. The van der Waals surface area contributed by atoms with E-state index in [4.69, 9.17) is 4.74 Å². The molecule has 0 fully saturated rings. The summed E-state index contributed by atoms with van der Waals surface area (Å²) in [5.74, 6) is -0.726. The van der Waals surface area contributed by atoms with Crippen LogP contribution in [0.15, 0.2) is 48.5 Å². The SMILES string of the molecule is Cn1c2ccccc2c2c3c(c4c5ccccc5n(CCCNC(=O)OC(C)(C)C)c4c21)C(=O)NC3=O. The fourth-order valence-electron chi connectivity index (χ4n) is 5.63. The number of ether oxygens (including phenoxy) is 1. The second-order valence-corrected chi connectivity index (χ2v) is 10.5. The highest BCUT2D eigenvalue weighted by Gasteiger charge is 2.36. The average Bonchev–Trinajstić information content (AvgIpc) is 3.43. The topological polar surface area (TPSA) is 94.4 Å². The van der Waals surface area contributed by atoms with E-state index in [1.165, 1.54) is 0 Å². The third kappa shape index (κ3) is 3.47. The Balaban J connectivity index is 1.58. The molecule has 0 radical (unpaired) electrons. The molecule has 5 aromatic rings. The maximum atomic E-state index is 13.2. The number of hydrogen-bond donors (Lipinski definition) is 2. The van der Waals surface area contributed by atoms with Gasteiger partial charge in [0, 0.05) is 52.7 Å². The van der Waals surface area contributed by atoms with Crippen LogP contribution in [0.5, 0.6) is 0 Å². The number of nitrogens with one attached hydrogen (secondary N) is 2. The fraction of sp³-hybridized carbons (Fsp3) is 0.276. The highest BCUT2D eigenvalue weighted by atomic mass is 16.6. The second kappa shape index (κ2) is 8.09. The van der Waals surface area contributed by atoms with Crippen molar-refractivity contribution >= 4 is 61.5 Å². The fourth-order valence-corrected chi connectivity index (χ4v) is 5.63. The molecule has 1 aliphatic rings. The van der Waals surface area contributed by atoms with Crippen LogP contribution >= 0.6 is 0 Å². The molecule has 3 amide bonds. The van der Waals surface area contributed by atoms with Crippen molar-refractivity contribution in [2.75, 3.05) is 6.54 Å². The quantitative estimate of drug-likeness (QED) is 0.263. The zero-order chi connectivity index (χ0) is 26.1. The van der Waals surface area contributed by atoms with E-state index in [-0.39, 0.29) is 11.8 Å². The zero-order valence-corrected chi connectivity index (χ0v) is 21.3. The first-order chi connectivity index (χ1) is 17.7. The summed E-state index contributed by atoms with van der Waals surface area (Å²) in [6.45, 7) is 6.53. The molecule has 37 heavy (non-hydrogen) atoms. The van der Waals surface area contributed by atoms with Crippen molar-refractivity contribution in [2.45, 2.75) is 39.3 Å². The average molecular weight is 497 g/mol. The van der Waals surface area contributed by atoms with E-state index in [1.54, 1.807) is 0 Å². The minimum Gasteiger partial charge on any atom is -0.444 e. The summed E-state index contributed by atoms with van der Waals surface area (Å²) < 4.78 is 9.67. The minimum atomic E-state index is -0.560. The Bertz CT molecular complexity index is 1790. The highest BCUT2D eigenvalue weighted by Crippen LogP contribution is 2.44. The normalized spacial score (nSPS) is 13.6. The second-order valence-electron chi connectivity index (χ2n) is 10.5. The van der Waals surface area contributed by atoms with Crippen molar-refractivity contribution in [2.24, 2.45) is 7.05 Å². The van der Waals surface area contributed by atoms with Crippen molar-refractivity contribution in [3.05, 3.63) is 59.7 Å². The molecule has 6 rings (SSSR count). The van der Waals surface area contributed by atoms with E-state index in [9.17, 15) is 14.4 Å². The molecule has 2 N–H and O–H groups in total. The molecule has 3 aromatic carbocycles. The van der Waals surface area contributed by atoms with Crippen molar-refractivity contribution in [3.63, 3.8) is 0 Å². The molecule has 0 saturated carbocycles. The van der Waals surface area contributed by atoms with E-state index in [2.05, 4.69) is 19.8 Å². The maximum Gasteiger partial charge on any atom is 0.407 e. The van der Waals surface area contributed by atoms with Gasteiger partial charge in [-0.15, -0.1) is 0 Å². The van der Waals surface area contributed by atoms with Crippen LogP contribution in [-0.2, 0) is 18.3 Å². The molecule has 0 saturated heterocycles. The van der Waals surface area contributed by atoms with Gasteiger partial charge in [0.1, 0.15) is 5.60 Å². The van der Waals surface area contributed by atoms with Crippen LogP contribution in [0.4, 0.5) is 4.79 Å². The van der Waals surface area contributed by atoms with E-state index in [1.807, 2.05) is 76.3 Å². The summed E-state index contributed by atoms with van der Waals surface area (Å²) >= 11 is 0. The van der Waals surface area contributed by atoms with Crippen molar-refractivity contribution in [1.29, 1.82) is 0 Å². The number of rotatable bonds is 4. The van der Waals surface area contributed by atoms with Gasteiger partial charge in [0.15, 0.2) is 0 Å². The van der Waals surface area contributed by atoms with Gasteiger partial charge in [-0.1, -0.05) is 36.4 Å². The van der Waals surface area contributed by atoms with Gasteiger partial charge in [-0.3, -0.25) is 14.9 Å². The first kappa shape index (κ1) is 23.1. The Labute approximate surface area is 213 Å². The highest BCUT2D eigenvalue weighted by molar-refractivity contribution is 6.39. The lowest BCUT2D eigenvalue weighted by atomic mass is 9.96. The number of aromatic nitrogens is 2. The van der Waals surface area contributed by atoms with Gasteiger partial charge in [-0.05, 0) is 39.3 Å². The van der Waals surface area contributed by atoms with Gasteiger partial charge < -0.3 is 19.2 Å². The minimum absolute atomic E-state index is 0.360. The number of imide groups is 1. The Morgan fingerprint density at radius 3 is 2.11 bits per heavy atom. The van der Waals surface area contributed by atoms with Gasteiger partial charge in [0.05, 0.1) is 22.2 Å². The number of carbonyl (C=O) groups is 3. The molecule has 188 valence electrons. The maximum absolute atomic E-state index is 13.2. The zero-order valence-electron chi connectivity index (χ0n) is 21.3. The van der Waals surface area contributed by atoms with Crippen LogP contribution < -0.4 is 10.6 Å². The van der Waals surface area contributed by atoms with Gasteiger partial charge in [-0.2, -0.15) is 0 Å². The van der Waals surface area contributed by atoms with Gasteiger partial charge in [0.2, 0.25) is 0 Å². The Hall–Kier alpha value is -4.33. The molecule has 2 aromatic heterocycles. The third-order valence-electron chi connectivity index (χ3n) is 6.96. The standard InChI is InChI=1S/C29H28N4O4/c1-29(2,3)37-28(36)30-14-9-15-33-19-13-8-6-11-17(19)21-23-22(26(34)31-27(23)35)20-16-10-5-7-12-18(16)32(4)24(20)25(21)33/h5-8,10-13H,9,14-15H2,1-4H3,(H,30,36)(H,31,34,35). The molecular formula is C29H28N4O4. The molecular weight excluding hydrogens is 468 g/mol. The number of benzene rings is 3. The van der Waals surface area contributed by atoms with Crippen LogP contribution in [0.3, 0.4) is 0 Å². The first-order valence-corrected chi connectivity index (χ1v) is 12.4. The number of amides is 3. The number of alkyl carbamates (subject to hydrolysis) is 1. The predicted octanol–water partition coefficient (Wildman–Crippen LogP) is 5.24. The summed E-state index contributed by atoms with van der Waals surface area (Å²) in [4.78, 5) is 38.4. The first-order valence-electron chi connectivity index (χ1n) is 12.4. The van der Waals surface area contributed by atoms with Crippen LogP contribution in [0.25, 0.3) is 43.6 Å². The van der Waals surface area contributed by atoms with E-state index in [0.717, 1.165) is 43.6 Å². The van der Waals surface area contributed by atoms with Crippen molar-refractivity contribution in [3.8, 4) is 0 Å². The lowest BCUT2D eigenvalue weighted by Crippen LogP contribution is -2.33. The van der Waals surface area contributed by atoms with Crippen LogP contribution in [0.2, 0.25) is 0 Å². The Kier molecular flexibility index (Phi) is 5.05. The summed E-state index contributed by atoms with van der Waals surface area (Å²) in [6, 6.07) is 15.9. The summed E-state index contributed by atoms with van der Waals surface area (Å²) in [5.41, 5.74) is 4.11. The summed E-state index contributed by atoms with van der Waals surface area (Å²) in [7, 11) is 2.00. The summed E-state index contributed by atoms with van der Waals surface area (Å²) in [5, 5.41) is 8.81. The lowest BCUT2D eigenvalue weighted by molar-refractivity contribution is 0.0526. The molecule has 3 heterocycles. The van der Waals surface area contributed by atoms with Crippen molar-refractivity contribution < 1.29 is 19.1 Å². The number of aryl methyl sites for hydroxylation is 2. The molecule has 0 spiro atoms. The van der Waals surface area contributed by atoms with Crippen molar-refractivity contribution in [1.82, 2.24) is 19.8 Å². The monoisotopic (exact) mass is 496 g/mol. The molecule has 8 heteroatoms. The number of carbonyl (C=O) groups excluding carboxylic acids is 3. The molecule has 8 nitrogen and oxygen atoms in total. The number of para-hydroxylation sites is 2. The predicted molar refractivity (Wildman–Crippen MR) is 144 cm³/mol. The van der Waals surface area contributed by atoms with Gasteiger partial charge >= 0.3 is 6.09 Å². The van der Waals surface area contributed by atoms with Crippen LogP contribution in [-0.4, -0.2) is 39.2 Å². The Morgan fingerprint density at radius 1 is 0.892 bits per heavy atom. The van der Waals surface area contributed by atoms with E-state index >= 15 is 0 Å². The number of nitrogens with zero attached hydrogens (tertiary/aromatic N) is 2. The molecule has 0 unspecified atom stereocenters. The lowest BCUT2D eigenvalue weighted by Gasteiger charge is -2.19. The smallest absolute Gasteiger partial charge is 0.407 e. The van der Waals surface area contributed by atoms with E-state index in [0.29, 0.717) is 30.6 Å². The molecule has 0 bridgehead atoms. The largest absolute Gasteiger partial charge is 0.444 e.